The molecule has 2 unspecified atom stereocenters. The summed E-state index contributed by atoms with van der Waals surface area (Å²) in [6.07, 6.45) is 5.75. The van der Waals surface area contributed by atoms with Gasteiger partial charge in [-0.15, -0.1) is 0 Å². The van der Waals surface area contributed by atoms with Gasteiger partial charge in [-0.25, -0.2) is 0 Å². The molecule has 2 aliphatic rings. The molecule has 16 heavy (non-hydrogen) atoms. The van der Waals surface area contributed by atoms with Crippen LogP contribution in [0.25, 0.3) is 0 Å². The largest absolute Gasteiger partial charge is 0.311 e. The van der Waals surface area contributed by atoms with E-state index in [1.807, 2.05) is 0 Å². The molecular weight excluding hydrogens is 196 g/mol. The van der Waals surface area contributed by atoms with Crippen molar-refractivity contribution in [3.05, 3.63) is 0 Å². The van der Waals surface area contributed by atoms with Gasteiger partial charge in [0.05, 0.1) is 0 Å². The van der Waals surface area contributed by atoms with Crippen LogP contribution in [0.3, 0.4) is 0 Å². The maximum atomic E-state index is 3.65. The zero-order valence-electron chi connectivity index (χ0n) is 11.4. The average molecular weight is 224 g/mol. The number of nitrogens with one attached hydrogen (secondary N) is 1. The molecule has 0 aromatic carbocycles. The summed E-state index contributed by atoms with van der Waals surface area (Å²) in [5, 5.41) is 3.65. The Labute approximate surface area is 101 Å². The van der Waals surface area contributed by atoms with Crippen molar-refractivity contribution >= 4 is 0 Å². The topological polar surface area (TPSA) is 15.3 Å². The van der Waals surface area contributed by atoms with Crippen LogP contribution < -0.4 is 5.32 Å². The minimum Gasteiger partial charge on any atom is -0.311 e. The van der Waals surface area contributed by atoms with Gasteiger partial charge in [-0.1, -0.05) is 33.6 Å². The van der Waals surface area contributed by atoms with Gasteiger partial charge in [-0.3, -0.25) is 4.90 Å². The van der Waals surface area contributed by atoms with Crippen molar-refractivity contribution in [2.45, 2.75) is 71.5 Å². The van der Waals surface area contributed by atoms with Crippen molar-refractivity contribution in [3.8, 4) is 0 Å². The van der Waals surface area contributed by atoms with Crippen LogP contribution in [-0.4, -0.2) is 36.1 Å². The molecule has 1 saturated carbocycles. The molecule has 2 heteroatoms. The zero-order valence-corrected chi connectivity index (χ0v) is 11.4. The molecule has 1 aliphatic heterocycles. The fourth-order valence-electron chi connectivity index (χ4n) is 3.38. The third kappa shape index (κ3) is 2.60. The van der Waals surface area contributed by atoms with Gasteiger partial charge in [0.15, 0.2) is 0 Å². The monoisotopic (exact) mass is 224 g/mol. The Kier molecular flexibility index (Phi) is 3.60. The molecule has 1 aliphatic carbocycles. The second-order valence-electron chi connectivity index (χ2n) is 6.83. The summed E-state index contributed by atoms with van der Waals surface area (Å²) in [4.78, 5) is 2.81. The third-order valence-electron chi connectivity index (χ3n) is 4.34. The van der Waals surface area contributed by atoms with Crippen LogP contribution in [0, 0.1) is 5.41 Å². The lowest BCUT2D eigenvalue weighted by molar-refractivity contribution is 0.0252. The molecule has 1 heterocycles. The van der Waals surface area contributed by atoms with Crippen molar-refractivity contribution in [1.82, 2.24) is 10.2 Å². The maximum absolute atomic E-state index is 3.65. The van der Waals surface area contributed by atoms with Crippen molar-refractivity contribution < 1.29 is 0 Å². The lowest BCUT2D eigenvalue weighted by atomic mass is 9.83. The highest BCUT2D eigenvalue weighted by atomic mass is 15.3. The first-order chi connectivity index (χ1) is 7.48. The first-order valence-corrected chi connectivity index (χ1v) is 6.97. The molecule has 2 nitrogen and oxygen atoms in total. The van der Waals surface area contributed by atoms with Crippen molar-refractivity contribution in [1.29, 1.82) is 0 Å². The first-order valence-electron chi connectivity index (χ1n) is 6.97. The molecular formula is C14H28N2. The second-order valence-corrected chi connectivity index (χ2v) is 6.83. The van der Waals surface area contributed by atoms with Crippen molar-refractivity contribution in [2.24, 2.45) is 5.41 Å². The van der Waals surface area contributed by atoms with E-state index in [0.29, 0.717) is 17.5 Å². The molecule has 0 amide bonds. The Morgan fingerprint density at radius 3 is 2.31 bits per heavy atom. The van der Waals surface area contributed by atoms with E-state index in [1.165, 1.54) is 38.8 Å². The fraction of sp³-hybridized carbons (Fsp3) is 1.00. The minimum absolute atomic E-state index is 0.399. The fourth-order valence-corrected chi connectivity index (χ4v) is 3.38. The van der Waals surface area contributed by atoms with Gasteiger partial charge in [-0.05, 0) is 25.2 Å². The molecule has 2 fully saturated rings. The Bertz CT molecular complexity index is 225. The summed E-state index contributed by atoms with van der Waals surface area (Å²) in [5.41, 5.74) is 0.399. The van der Waals surface area contributed by atoms with E-state index in [4.69, 9.17) is 0 Å². The van der Waals surface area contributed by atoms with E-state index < -0.39 is 0 Å². The number of nitrogens with zero attached hydrogens (tertiary/aromatic N) is 1. The van der Waals surface area contributed by atoms with Crippen LogP contribution in [0.1, 0.15) is 53.4 Å². The molecule has 0 aromatic rings. The van der Waals surface area contributed by atoms with Crippen molar-refractivity contribution in [3.63, 3.8) is 0 Å². The van der Waals surface area contributed by atoms with E-state index in [9.17, 15) is 0 Å². The summed E-state index contributed by atoms with van der Waals surface area (Å²) in [5.74, 6) is 0. The molecule has 2 rings (SSSR count). The number of hydrogen-bond acceptors (Lipinski definition) is 2. The predicted molar refractivity (Wildman–Crippen MR) is 69.7 cm³/mol. The van der Waals surface area contributed by atoms with Gasteiger partial charge < -0.3 is 5.32 Å². The molecule has 1 N–H and O–H groups in total. The van der Waals surface area contributed by atoms with Gasteiger partial charge >= 0.3 is 0 Å². The van der Waals surface area contributed by atoms with E-state index >= 15 is 0 Å². The predicted octanol–water partition coefficient (Wildman–Crippen LogP) is 2.64. The molecule has 1 saturated heterocycles. The normalized spacial score (nSPS) is 34.5. The summed E-state index contributed by atoms with van der Waals surface area (Å²) in [6.45, 7) is 11.9. The summed E-state index contributed by atoms with van der Waals surface area (Å²) >= 11 is 0. The Morgan fingerprint density at radius 1 is 1.12 bits per heavy atom. The van der Waals surface area contributed by atoms with Gasteiger partial charge in [0.2, 0.25) is 0 Å². The lowest BCUT2D eigenvalue weighted by Gasteiger charge is -2.48. The van der Waals surface area contributed by atoms with Crippen LogP contribution >= 0.6 is 0 Å². The molecule has 94 valence electrons. The average Bonchev–Trinajstić information content (AvgIpc) is 2.68. The van der Waals surface area contributed by atoms with Gasteiger partial charge in [0.25, 0.3) is 0 Å². The Balaban J connectivity index is 2.08. The van der Waals surface area contributed by atoms with E-state index in [0.717, 1.165) is 6.04 Å². The molecule has 0 aromatic heterocycles. The molecule has 2 atom stereocenters. The van der Waals surface area contributed by atoms with Crippen LogP contribution in [0.5, 0.6) is 0 Å². The highest BCUT2D eigenvalue weighted by molar-refractivity contribution is 4.95. The summed E-state index contributed by atoms with van der Waals surface area (Å²) in [6, 6.07) is 2.25. The summed E-state index contributed by atoms with van der Waals surface area (Å²) < 4.78 is 0. The number of hydrogen-bond donors (Lipinski definition) is 1. The quantitative estimate of drug-likeness (QED) is 0.736. The van der Waals surface area contributed by atoms with E-state index in [2.05, 4.69) is 37.9 Å². The van der Waals surface area contributed by atoms with Crippen LogP contribution in [-0.2, 0) is 0 Å². The van der Waals surface area contributed by atoms with Crippen LogP contribution in [0.15, 0.2) is 0 Å². The Hall–Kier alpha value is -0.0800. The maximum Gasteiger partial charge on any atom is 0.0272 e. The SMILES string of the molecule is CC1CN(C2CCCC2)C(C(C)(C)C)CN1. The molecule has 0 radical (unpaired) electrons. The second kappa shape index (κ2) is 4.66. The van der Waals surface area contributed by atoms with E-state index in [-0.39, 0.29) is 0 Å². The Morgan fingerprint density at radius 2 is 1.75 bits per heavy atom. The summed E-state index contributed by atoms with van der Waals surface area (Å²) in [7, 11) is 0. The van der Waals surface area contributed by atoms with Crippen molar-refractivity contribution in [2.75, 3.05) is 13.1 Å². The van der Waals surface area contributed by atoms with Gasteiger partial charge in [0.1, 0.15) is 0 Å². The van der Waals surface area contributed by atoms with Crippen LogP contribution in [0.4, 0.5) is 0 Å². The third-order valence-corrected chi connectivity index (χ3v) is 4.34. The first kappa shape index (κ1) is 12.4. The zero-order chi connectivity index (χ0) is 11.8. The molecule has 0 spiro atoms. The van der Waals surface area contributed by atoms with E-state index in [1.54, 1.807) is 0 Å². The van der Waals surface area contributed by atoms with Gasteiger partial charge in [0, 0.05) is 31.2 Å². The number of rotatable bonds is 1. The smallest absolute Gasteiger partial charge is 0.0272 e. The minimum atomic E-state index is 0.399. The lowest BCUT2D eigenvalue weighted by Crippen LogP contribution is -2.62. The highest BCUT2D eigenvalue weighted by Crippen LogP contribution is 2.33. The van der Waals surface area contributed by atoms with Crippen LogP contribution in [0.2, 0.25) is 0 Å². The standard InChI is InChI=1S/C14H28N2/c1-11-10-16(12-7-5-6-8-12)13(9-15-11)14(2,3)4/h11-13,15H,5-10H2,1-4H3. The number of piperazine rings is 1. The highest BCUT2D eigenvalue weighted by Gasteiger charge is 2.38. The van der Waals surface area contributed by atoms with Gasteiger partial charge in [-0.2, -0.15) is 0 Å². The molecule has 0 bridgehead atoms.